The maximum absolute atomic E-state index is 13.5. The second-order valence-electron chi connectivity index (χ2n) is 12.8. The van der Waals surface area contributed by atoms with Gasteiger partial charge in [0.2, 0.25) is 15.9 Å². The number of likely N-dealkylation sites (N-methyl/N-ethyl adjacent to an activating group) is 1. The van der Waals surface area contributed by atoms with Crippen LogP contribution in [0.5, 0.6) is 11.6 Å². The summed E-state index contributed by atoms with van der Waals surface area (Å²) >= 11 is 0. The van der Waals surface area contributed by atoms with Crippen molar-refractivity contribution in [3.05, 3.63) is 36.5 Å². The van der Waals surface area contributed by atoms with Crippen LogP contribution in [0.25, 0.3) is 0 Å². The fourth-order valence-corrected chi connectivity index (χ4v) is 9.68. The molecule has 4 heterocycles. The lowest BCUT2D eigenvalue weighted by molar-refractivity contribution is -0.0312. The molecule has 3 fully saturated rings. The van der Waals surface area contributed by atoms with Crippen LogP contribution < -0.4 is 19.7 Å². The average molecular weight is 667 g/mol. The number of rotatable bonds is 11. The van der Waals surface area contributed by atoms with E-state index in [0.29, 0.717) is 75.7 Å². The number of fused-ring (bicyclic) bond motifs is 1. The van der Waals surface area contributed by atoms with Gasteiger partial charge in [-0.15, -0.1) is 0 Å². The Labute approximate surface area is 264 Å². The molecule has 4 aliphatic rings. The van der Waals surface area contributed by atoms with E-state index in [1.165, 1.54) is 22.6 Å². The molecule has 1 aromatic carbocycles. The lowest BCUT2D eigenvalue weighted by atomic mass is 9.88. The van der Waals surface area contributed by atoms with E-state index in [2.05, 4.69) is 10.3 Å². The first-order valence-corrected chi connectivity index (χ1v) is 18.3. The van der Waals surface area contributed by atoms with E-state index in [4.69, 9.17) is 14.2 Å². The molecule has 1 spiro atoms. The zero-order valence-corrected chi connectivity index (χ0v) is 27.2. The van der Waals surface area contributed by atoms with E-state index >= 15 is 0 Å². The molecule has 2 aromatic rings. The number of anilines is 1. The van der Waals surface area contributed by atoms with Gasteiger partial charge in [-0.1, -0.05) is 6.07 Å². The van der Waals surface area contributed by atoms with Crippen LogP contribution in [0.15, 0.2) is 46.3 Å². The summed E-state index contributed by atoms with van der Waals surface area (Å²) < 4.78 is 70.8. The Morgan fingerprint density at radius 1 is 1.13 bits per heavy atom. The van der Waals surface area contributed by atoms with Crippen molar-refractivity contribution in [3.8, 4) is 11.6 Å². The van der Waals surface area contributed by atoms with Gasteiger partial charge in [-0.3, -0.25) is 0 Å². The van der Waals surface area contributed by atoms with E-state index in [-0.39, 0.29) is 35.1 Å². The number of nitrogens with zero attached hydrogens (tertiary/aromatic N) is 3. The number of aliphatic hydroxyl groups excluding tert-OH is 2. The lowest BCUT2D eigenvalue weighted by Crippen LogP contribution is -2.47. The molecule has 45 heavy (non-hydrogen) atoms. The number of benzene rings is 1. The number of aromatic nitrogens is 1. The maximum atomic E-state index is 13.5. The molecule has 0 amide bonds. The van der Waals surface area contributed by atoms with Crippen molar-refractivity contribution in [3.63, 3.8) is 0 Å². The zero-order chi connectivity index (χ0) is 32.0. The standard InChI is InChI=1S/C30H42N4O9S2/c1-21-17-33(2)27-13-26(16-32-28(27)43-21)45(39,40)34-10-8-29(9-11-34)14-22(18-42-29)31-15-23(36)19-41-24-4-3-5-25(12-24)44(37,38)30(20-35)6-7-30/h3-5,12-13,16,21-23,31,35-36H,6-11,14-15,17-20H2,1-2H3. The SMILES string of the molecule is CC1CN(C)c2cc(S(=O)(=O)N3CCC4(CC3)CC(NCC(O)COc3cccc(S(=O)(=O)C5(CO)CC5)c3)CO4)cnc2O1. The van der Waals surface area contributed by atoms with Crippen molar-refractivity contribution in [2.24, 2.45) is 0 Å². The zero-order valence-electron chi connectivity index (χ0n) is 25.6. The summed E-state index contributed by atoms with van der Waals surface area (Å²) in [5.74, 6) is 0.766. The number of ether oxygens (including phenoxy) is 3. The van der Waals surface area contributed by atoms with Gasteiger partial charge < -0.3 is 34.6 Å². The molecular weight excluding hydrogens is 624 g/mol. The minimum absolute atomic E-state index is 0.00716. The predicted molar refractivity (Wildman–Crippen MR) is 165 cm³/mol. The minimum Gasteiger partial charge on any atom is -0.491 e. The third kappa shape index (κ3) is 6.40. The summed E-state index contributed by atoms with van der Waals surface area (Å²) in [7, 11) is -5.51. The van der Waals surface area contributed by atoms with Crippen LogP contribution in [0.3, 0.4) is 0 Å². The monoisotopic (exact) mass is 666 g/mol. The summed E-state index contributed by atoms with van der Waals surface area (Å²) in [5.41, 5.74) is 0.234. The quantitative estimate of drug-likeness (QED) is 0.311. The lowest BCUT2D eigenvalue weighted by Gasteiger charge is -2.38. The average Bonchev–Trinajstić information content (AvgIpc) is 3.75. The number of sulfone groups is 1. The predicted octanol–water partition coefficient (Wildman–Crippen LogP) is 0.939. The van der Waals surface area contributed by atoms with Gasteiger partial charge in [0.1, 0.15) is 35.1 Å². The number of pyridine rings is 1. The first-order chi connectivity index (χ1) is 21.4. The number of hydrogen-bond donors (Lipinski definition) is 3. The maximum Gasteiger partial charge on any atom is 0.244 e. The van der Waals surface area contributed by atoms with E-state index in [1.807, 2.05) is 18.9 Å². The van der Waals surface area contributed by atoms with Gasteiger partial charge in [-0.25, -0.2) is 21.8 Å². The fraction of sp³-hybridized carbons (Fsp3) is 0.633. The second kappa shape index (κ2) is 12.2. The summed E-state index contributed by atoms with van der Waals surface area (Å²) in [5, 5.41) is 23.4. The summed E-state index contributed by atoms with van der Waals surface area (Å²) in [6.07, 6.45) is 3.18. The third-order valence-corrected chi connectivity index (χ3v) is 13.8. The van der Waals surface area contributed by atoms with Gasteiger partial charge in [0.25, 0.3) is 0 Å². The Kier molecular flexibility index (Phi) is 8.82. The molecule has 3 N–H and O–H groups in total. The molecule has 15 heteroatoms. The summed E-state index contributed by atoms with van der Waals surface area (Å²) in [4.78, 5) is 6.49. The van der Waals surface area contributed by atoms with Crippen LogP contribution in [0, 0.1) is 0 Å². The largest absolute Gasteiger partial charge is 0.491 e. The van der Waals surface area contributed by atoms with Gasteiger partial charge in [0.05, 0.1) is 41.2 Å². The van der Waals surface area contributed by atoms with Crippen LogP contribution in [0.4, 0.5) is 5.69 Å². The molecule has 0 radical (unpaired) electrons. The Balaban J connectivity index is 0.970. The highest BCUT2D eigenvalue weighted by molar-refractivity contribution is 7.93. The highest BCUT2D eigenvalue weighted by atomic mass is 32.2. The third-order valence-electron chi connectivity index (χ3n) is 9.41. The molecule has 1 aliphatic carbocycles. The van der Waals surface area contributed by atoms with Crippen molar-refractivity contribution in [2.75, 3.05) is 57.9 Å². The van der Waals surface area contributed by atoms with Gasteiger partial charge >= 0.3 is 0 Å². The van der Waals surface area contributed by atoms with Crippen molar-refractivity contribution in [1.82, 2.24) is 14.6 Å². The molecule has 1 aromatic heterocycles. The smallest absolute Gasteiger partial charge is 0.244 e. The highest BCUT2D eigenvalue weighted by Gasteiger charge is 2.54. The number of piperidine rings is 1. The molecule has 0 bridgehead atoms. The van der Waals surface area contributed by atoms with Gasteiger partial charge in [-0.2, -0.15) is 4.31 Å². The van der Waals surface area contributed by atoms with Gasteiger partial charge in [0, 0.05) is 32.7 Å². The van der Waals surface area contributed by atoms with Crippen LogP contribution >= 0.6 is 0 Å². The van der Waals surface area contributed by atoms with Crippen LogP contribution in [-0.4, -0.2) is 118 Å². The second-order valence-corrected chi connectivity index (χ2v) is 17.1. The molecule has 1 saturated carbocycles. The topological polar surface area (TPSA) is 168 Å². The van der Waals surface area contributed by atoms with Crippen LogP contribution in [0.1, 0.15) is 39.0 Å². The Morgan fingerprint density at radius 3 is 2.60 bits per heavy atom. The molecule has 13 nitrogen and oxygen atoms in total. The summed E-state index contributed by atoms with van der Waals surface area (Å²) in [6.45, 7) is 3.51. The first kappa shape index (κ1) is 32.4. The van der Waals surface area contributed by atoms with Crippen molar-refractivity contribution in [2.45, 2.75) is 77.4 Å². The fourth-order valence-electron chi connectivity index (χ4n) is 6.43. The molecule has 3 atom stereocenters. The summed E-state index contributed by atoms with van der Waals surface area (Å²) in [6, 6.07) is 7.77. The molecular formula is C30H42N4O9S2. The normalized spacial score (nSPS) is 25.0. The van der Waals surface area contributed by atoms with Gasteiger partial charge in [-0.05, 0) is 63.3 Å². The van der Waals surface area contributed by atoms with Crippen molar-refractivity contribution < 1.29 is 41.3 Å². The molecule has 2 saturated heterocycles. The van der Waals surface area contributed by atoms with E-state index in [0.717, 1.165) is 0 Å². The first-order valence-electron chi connectivity index (χ1n) is 15.4. The van der Waals surface area contributed by atoms with Crippen LogP contribution in [0.2, 0.25) is 0 Å². The van der Waals surface area contributed by atoms with Crippen LogP contribution in [-0.2, 0) is 24.6 Å². The highest BCUT2D eigenvalue weighted by Crippen LogP contribution is 2.46. The van der Waals surface area contributed by atoms with E-state index in [9.17, 15) is 27.0 Å². The Hall–Kier alpha value is -2.53. The number of hydrogen-bond acceptors (Lipinski definition) is 12. The number of sulfonamides is 1. The van der Waals surface area contributed by atoms with Gasteiger partial charge in [0.15, 0.2) is 9.84 Å². The van der Waals surface area contributed by atoms with E-state index in [1.54, 1.807) is 18.2 Å². The van der Waals surface area contributed by atoms with Crippen molar-refractivity contribution >= 4 is 25.5 Å². The van der Waals surface area contributed by atoms with Crippen molar-refractivity contribution in [1.29, 1.82) is 0 Å². The molecule has 3 aliphatic heterocycles. The molecule has 6 rings (SSSR count). The Morgan fingerprint density at radius 2 is 1.89 bits per heavy atom. The number of aliphatic hydroxyl groups is 2. The number of nitrogens with one attached hydrogen (secondary N) is 1. The Bertz CT molecular complexity index is 1610. The van der Waals surface area contributed by atoms with E-state index < -0.39 is 42.9 Å². The minimum atomic E-state index is -3.73. The molecule has 3 unspecified atom stereocenters. The molecule has 248 valence electrons.